The summed E-state index contributed by atoms with van der Waals surface area (Å²) < 4.78 is 2.37. The number of carbonyl (C=O) groups excluding carboxylic acids is 1. The molecule has 0 fully saturated rings. The van der Waals surface area contributed by atoms with Gasteiger partial charge in [0.15, 0.2) is 0 Å². The minimum atomic E-state index is 0.0826. The Morgan fingerprint density at radius 3 is 2.63 bits per heavy atom. The van der Waals surface area contributed by atoms with E-state index in [1.54, 1.807) is 0 Å². The lowest BCUT2D eigenvalue weighted by molar-refractivity contribution is -0.673. The summed E-state index contributed by atoms with van der Waals surface area (Å²) in [5.41, 5.74) is 10.0. The fraction of sp³-hybridized carbons (Fsp3) is 0.345. The van der Waals surface area contributed by atoms with E-state index in [1.165, 1.54) is 10.9 Å². The largest absolute Gasteiger partial charge is 0.374 e. The number of nitrogens with zero attached hydrogens (tertiary/aromatic N) is 3. The van der Waals surface area contributed by atoms with E-state index in [9.17, 15) is 4.79 Å². The summed E-state index contributed by atoms with van der Waals surface area (Å²) >= 11 is 0. The molecule has 3 aromatic rings. The zero-order valence-electron chi connectivity index (χ0n) is 20.6. The number of pyridine rings is 1. The molecule has 0 saturated carbocycles. The number of nitrogens with two attached hydrogens (primary N) is 1. The molecule has 0 aliphatic rings. The fourth-order valence-electron chi connectivity index (χ4n) is 4.07. The van der Waals surface area contributed by atoms with Gasteiger partial charge in [0.05, 0.1) is 12.5 Å². The van der Waals surface area contributed by atoms with Crippen LogP contribution in [0.4, 0.5) is 5.69 Å². The number of para-hydroxylation sites is 1. The molecular weight excluding hydrogens is 434 g/mol. The molecule has 0 spiro atoms. The van der Waals surface area contributed by atoms with Crippen LogP contribution in [-0.4, -0.2) is 32.6 Å². The molecule has 6 heteroatoms. The predicted octanol–water partition coefficient (Wildman–Crippen LogP) is 4.28. The summed E-state index contributed by atoms with van der Waals surface area (Å²) in [7, 11) is 2.01. The van der Waals surface area contributed by atoms with E-state index >= 15 is 0 Å². The van der Waals surface area contributed by atoms with Crippen LogP contribution < -0.4 is 20.5 Å². The van der Waals surface area contributed by atoms with Crippen LogP contribution in [0.25, 0.3) is 23.1 Å². The minimum absolute atomic E-state index is 0.0826. The van der Waals surface area contributed by atoms with Crippen molar-refractivity contribution in [1.82, 2.24) is 5.32 Å². The van der Waals surface area contributed by atoms with Gasteiger partial charge in [-0.05, 0) is 48.7 Å². The first kappa shape index (κ1) is 25.9. The molecule has 2 aromatic carbocycles. The van der Waals surface area contributed by atoms with Crippen molar-refractivity contribution in [2.75, 3.05) is 31.6 Å². The summed E-state index contributed by atoms with van der Waals surface area (Å²) in [5, 5.41) is 12.8. The number of anilines is 1. The highest BCUT2D eigenvalue weighted by Crippen LogP contribution is 2.17. The number of aryl methyl sites for hydroxylation is 1. The topological polar surface area (TPSA) is 86.0 Å². The first-order chi connectivity index (χ1) is 17.1. The highest BCUT2D eigenvalue weighted by Gasteiger charge is 2.13. The van der Waals surface area contributed by atoms with Crippen molar-refractivity contribution in [1.29, 1.82) is 5.26 Å². The number of hydrogen-bond acceptors (Lipinski definition) is 4. The Hall–Kier alpha value is -3.69. The number of fused-ring (bicyclic) bond motifs is 1. The van der Waals surface area contributed by atoms with Crippen LogP contribution in [0.15, 0.2) is 60.7 Å². The Balaban J connectivity index is 1.68. The summed E-state index contributed by atoms with van der Waals surface area (Å²) in [5.74, 6) is 0.0826. The van der Waals surface area contributed by atoms with Crippen LogP contribution in [0.1, 0.15) is 43.4 Å². The molecule has 0 atom stereocenters. The number of hydrogen-bond donors (Lipinski definition) is 2. The Labute approximate surface area is 208 Å². The van der Waals surface area contributed by atoms with Gasteiger partial charge in [0.2, 0.25) is 17.1 Å². The predicted molar refractivity (Wildman–Crippen MR) is 144 cm³/mol. The Morgan fingerprint density at radius 1 is 1.06 bits per heavy atom. The molecule has 182 valence electrons. The van der Waals surface area contributed by atoms with Gasteiger partial charge in [0.1, 0.15) is 6.54 Å². The molecule has 3 N–H and O–H groups in total. The summed E-state index contributed by atoms with van der Waals surface area (Å²) in [6, 6.07) is 23.4. The summed E-state index contributed by atoms with van der Waals surface area (Å²) in [6.45, 7) is 2.64. The maximum atomic E-state index is 11.8. The molecule has 0 bridgehead atoms. The summed E-state index contributed by atoms with van der Waals surface area (Å²) in [4.78, 5) is 13.9. The molecule has 3 rings (SSSR count). The Bertz CT molecular complexity index is 1160. The SMILES string of the molecule is CN(CCC#N)c1ccc(/C=C/c2ccc3ccccc3[n+]2CCCCCC(=O)NCCN)cc1. The van der Waals surface area contributed by atoms with Crippen molar-refractivity contribution in [2.45, 2.75) is 38.6 Å². The van der Waals surface area contributed by atoms with Crippen molar-refractivity contribution in [3.05, 3.63) is 71.9 Å². The van der Waals surface area contributed by atoms with Crippen molar-refractivity contribution in [3.63, 3.8) is 0 Å². The average Bonchev–Trinajstić information content (AvgIpc) is 2.89. The van der Waals surface area contributed by atoms with E-state index in [2.05, 4.69) is 93.7 Å². The molecule has 35 heavy (non-hydrogen) atoms. The van der Waals surface area contributed by atoms with Crippen LogP contribution in [-0.2, 0) is 11.3 Å². The molecule has 0 radical (unpaired) electrons. The second-order valence-corrected chi connectivity index (χ2v) is 8.67. The summed E-state index contributed by atoms with van der Waals surface area (Å²) in [6.07, 6.45) is 8.25. The van der Waals surface area contributed by atoms with E-state index in [4.69, 9.17) is 11.0 Å². The van der Waals surface area contributed by atoms with Gasteiger partial charge in [-0.2, -0.15) is 9.83 Å². The van der Waals surface area contributed by atoms with Crippen LogP contribution in [0.2, 0.25) is 0 Å². The number of nitriles is 1. The fourth-order valence-corrected chi connectivity index (χ4v) is 4.07. The standard InChI is InChI=1S/C29H35N5O/c1-33(22-7-19-30)26-15-11-24(12-16-26)13-17-27-18-14-25-8-4-5-9-28(25)34(27)23-6-2-3-10-29(35)32-21-20-31/h4-5,8-9,11-18H,2-3,6-7,10,20-23,31H2,1H3/p+1. The number of nitrogens with one attached hydrogen (secondary N) is 1. The van der Waals surface area contributed by atoms with Gasteiger partial charge in [-0.15, -0.1) is 0 Å². The van der Waals surface area contributed by atoms with Crippen LogP contribution in [0.3, 0.4) is 0 Å². The molecule has 0 unspecified atom stereocenters. The second kappa shape index (κ2) is 13.9. The average molecular weight is 471 g/mol. The second-order valence-electron chi connectivity index (χ2n) is 8.67. The number of rotatable bonds is 13. The first-order valence-corrected chi connectivity index (χ1v) is 12.4. The molecule has 1 heterocycles. The number of benzene rings is 2. The molecule has 0 aliphatic carbocycles. The molecule has 1 amide bonds. The van der Waals surface area contributed by atoms with Crippen molar-refractivity contribution in [3.8, 4) is 6.07 Å². The molecule has 0 aliphatic heterocycles. The van der Waals surface area contributed by atoms with Gasteiger partial charge in [0, 0.05) is 68.8 Å². The van der Waals surface area contributed by atoms with Crippen LogP contribution in [0.5, 0.6) is 0 Å². The molecule has 1 aromatic heterocycles. The Morgan fingerprint density at radius 2 is 1.86 bits per heavy atom. The van der Waals surface area contributed by atoms with Gasteiger partial charge in [-0.1, -0.05) is 24.3 Å². The van der Waals surface area contributed by atoms with E-state index in [0.717, 1.165) is 49.3 Å². The van der Waals surface area contributed by atoms with E-state index in [0.29, 0.717) is 25.9 Å². The number of carbonyl (C=O) groups is 1. The van der Waals surface area contributed by atoms with Gasteiger partial charge in [-0.25, -0.2) is 0 Å². The van der Waals surface area contributed by atoms with E-state index in [1.807, 2.05) is 7.05 Å². The Kier molecular flexibility index (Phi) is 10.3. The third kappa shape index (κ3) is 7.94. The number of aromatic nitrogens is 1. The third-order valence-corrected chi connectivity index (χ3v) is 6.06. The van der Waals surface area contributed by atoms with Crippen LogP contribution in [0, 0.1) is 11.3 Å². The van der Waals surface area contributed by atoms with Crippen LogP contribution >= 0.6 is 0 Å². The third-order valence-electron chi connectivity index (χ3n) is 6.06. The maximum absolute atomic E-state index is 11.8. The van der Waals surface area contributed by atoms with Gasteiger partial charge >= 0.3 is 0 Å². The highest BCUT2D eigenvalue weighted by atomic mass is 16.1. The van der Waals surface area contributed by atoms with Gasteiger partial charge in [0.25, 0.3) is 0 Å². The normalized spacial score (nSPS) is 11.0. The van der Waals surface area contributed by atoms with Gasteiger partial charge < -0.3 is 16.0 Å². The highest BCUT2D eigenvalue weighted by molar-refractivity contribution is 5.77. The van der Waals surface area contributed by atoms with Crippen molar-refractivity contribution >= 4 is 34.6 Å². The lowest BCUT2D eigenvalue weighted by Crippen LogP contribution is -2.38. The minimum Gasteiger partial charge on any atom is -0.374 e. The zero-order chi connectivity index (χ0) is 24.9. The monoisotopic (exact) mass is 470 g/mol. The molecular formula is C29H36N5O+. The maximum Gasteiger partial charge on any atom is 0.220 e. The number of amides is 1. The zero-order valence-corrected chi connectivity index (χ0v) is 20.6. The van der Waals surface area contributed by atoms with E-state index in [-0.39, 0.29) is 5.91 Å². The van der Waals surface area contributed by atoms with Crippen molar-refractivity contribution < 1.29 is 9.36 Å². The molecule has 6 nitrogen and oxygen atoms in total. The smallest absolute Gasteiger partial charge is 0.220 e. The lowest BCUT2D eigenvalue weighted by atomic mass is 10.1. The molecule has 0 saturated heterocycles. The van der Waals surface area contributed by atoms with E-state index < -0.39 is 0 Å². The van der Waals surface area contributed by atoms with Crippen molar-refractivity contribution in [2.24, 2.45) is 5.73 Å². The first-order valence-electron chi connectivity index (χ1n) is 12.4. The quantitative estimate of drug-likeness (QED) is 0.288. The number of unbranched alkanes of at least 4 members (excludes halogenated alkanes) is 2. The lowest BCUT2D eigenvalue weighted by Gasteiger charge is -2.17. The van der Waals surface area contributed by atoms with Gasteiger partial charge in [-0.3, -0.25) is 4.79 Å².